The van der Waals surface area contributed by atoms with Gasteiger partial charge in [-0.2, -0.15) is 0 Å². The van der Waals surface area contributed by atoms with E-state index < -0.39 is 0 Å². The molecule has 1 N–H and O–H groups in total. The molecule has 1 aromatic carbocycles. The van der Waals surface area contributed by atoms with Crippen LogP contribution in [-0.4, -0.2) is 46.6 Å². The van der Waals surface area contributed by atoms with Gasteiger partial charge in [-0.1, -0.05) is 29.5 Å². The van der Waals surface area contributed by atoms with Crippen molar-refractivity contribution in [1.29, 1.82) is 0 Å². The van der Waals surface area contributed by atoms with Crippen LogP contribution in [0.1, 0.15) is 15.9 Å². The Kier molecular flexibility index (Phi) is 5.35. The van der Waals surface area contributed by atoms with Crippen molar-refractivity contribution in [1.82, 2.24) is 20.1 Å². The first kappa shape index (κ1) is 17.0. The van der Waals surface area contributed by atoms with Gasteiger partial charge in [0.05, 0.1) is 0 Å². The second-order valence-corrected chi connectivity index (χ2v) is 6.68. The van der Waals surface area contributed by atoms with Crippen molar-refractivity contribution in [3.8, 4) is 10.7 Å². The Bertz CT molecular complexity index is 847. The molecule has 0 aliphatic rings. The fourth-order valence-corrected chi connectivity index (χ4v) is 3.07. The van der Waals surface area contributed by atoms with Crippen LogP contribution in [-0.2, 0) is 6.42 Å². The lowest BCUT2D eigenvalue weighted by Crippen LogP contribution is -2.21. The minimum Gasteiger partial charge on any atom is -0.360 e. The monoisotopic (exact) mass is 353 g/mol. The van der Waals surface area contributed by atoms with Gasteiger partial charge in [0.1, 0.15) is 5.69 Å². The summed E-state index contributed by atoms with van der Waals surface area (Å²) in [5.41, 5.74) is 2.63. The third kappa shape index (κ3) is 4.39. The average Bonchev–Trinajstić information content (AvgIpc) is 3.11. The fourth-order valence-electron chi connectivity index (χ4n) is 2.32. The number of aromatic nitrogens is 3. The van der Waals surface area contributed by atoms with Gasteiger partial charge in [0.15, 0.2) is 5.01 Å². The largest absolute Gasteiger partial charge is 0.360 e. The summed E-state index contributed by atoms with van der Waals surface area (Å²) in [5, 5.41) is 13.1. The number of hydrogen-bond donors (Lipinski definition) is 1. The summed E-state index contributed by atoms with van der Waals surface area (Å²) < 4.78 is 0. The number of carbonyl (C=O) groups excluding carboxylic acids is 1. The molecule has 128 valence electrons. The van der Waals surface area contributed by atoms with E-state index in [-0.39, 0.29) is 5.91 Å². The number of hydrogen-bond acceptors (Lipinski definition) is 6. The van der Waals surface area contributed by atoms with Crippen LogP contribution in [0.4, 0.5) is 5.13 Å². The summed E-state index contributed by atoms with van der Waals surface area (Å²) in [5.74, 6) is 0.0129. The van der Waals surface area contributed by atoms with Crippen molar-refractivity contribution in [2.45, 2.75) is 6.42 Å². The third-order valence-corrected chi connectivity index (χ3v) is 4.48. The maximum Gasteiger partial charge on any atom is 0.253 e. The van der Waals surface area contributed by atoms with Gasteiger partial charge in [0.25, 0.3) is 5.91 Å². The van der Waals surface area contributed by atoms with Gasteiger partial charge in [0.2, 0.25) is 5.13 Å². The van der Waals surface area contributed by atoms with Gasteiger partial charge in [-0.25, -0.2) is 0 Å². The summed E-state index contributed by atoms with van der Waals surface area (Å²) >= 11 is 1.48. The van der Waals surface area contributed by atoms with Crippen molar-refractivity contribution >= 4 is 22.4 Å². The normalized spacial score (nSPS) is 10.5. The number of benzene rings is 1. The molecule has 25 heavy (non-hydrogen) atoms. The number of anilines is 1. The van der Waals surface area contributed by atoms with Crippen molar-refractivity contribution in [3.05, 3.63) is 59.8 Å². The van der Waals surface area contributed by atoms with Crippen LogP contribution in [0.3, 0.4) is 0 Å². The molecule has 0 saturated heterocycles. The lowest BCUT2D eigenvalue weighted by molar-refractivity contribution is 0.0827. The molecule has 0 fully saturated rings. The van der Waals surface area contributed by atoms with Crippen LogP contribution >= 0.6 is 11.3 Å². The summed E-state index contributed by atoms with van der Waals surface area (Å²) in [6, 6.07) is 13.4. The fraction of sp³-hybridized carbons (Fsp3) is 0.222. The molecule has 1 amide bonds. The maximum absolute atomic E-state index is 12.0. The van der Waals surface area contributed by atoms with Crippen molar-refractivity contribution in [3.63, 3.8) is 0 Å². The van der Waals surface area contributed by atoms with E-state index in [1.54, 1.807) is 25.2 Å². The second kappa shape index (κ2) is 7.85. The van der Waals surface area contributed by atoms with Crippen molar-refractivity contribution < 1.29 is 4.79 Å². The van der Waals surface area contributed by atoms with Gasteiger partial charge < -0.3 is 10.2 Å². The highest BCUT2D eigenvalue weighted by atomic mass is 32.1. The Labute approximate surface area is 150 Å². The van der Waals surface area contributed by atoms with Gasteiger partial charge in [-0.3, -0.25) is 9.78 Å². The zero-order valence-corrected chi connectivity index (χ0v) is 15.0. The van der Waals surface area contributed by atoms with Gasteiger partial charge in [-0.05, 0) is 36.2 Å². The maximum atomic E-state index is 12.0. The molecule has 7 heteroatoms. The first-order valence-electron chi connectivity index (χ1n) is 7.93. The van der Waals surface area contributed by atoms with E-state index in [9.17, 15) is 4.79 Å². The van der Waals surface area contributed by atoms with E-state index in [0.717, 1.165) is 34.4 Å². The minimum absolute atomic E-state index is 0.0129. The first-order chi connectivity index (χ1) is 12.1. The van der Waals surface area contributed by atoms with Crippen LogP contribution in [0.15, 0.2) is 48.7 Å². The quantitative estimate of drug-likeness (QED) is 0.738. The standard InChI is InChI=1S/C18H19N5OS/c1-23(2)17(24)14-7-5-6-13(12-14)9-11-20-18-22-21-16(25-18)15-8-3-4-10-19-15/h3-8,10,12H,9,11H2,1-2H3,(H,20,22). The number of nitrogens with one attached hydrogen (secondary N) is 1. The third-order valence-electron chi connectivity index (χ3n) is 3.58. The van der Waals surface area contributed by atoms with Crippen LogP contribution in [0.2, 0.25) is 0 Å². The number of rotatable bonds is 6. The number of nitrogens with zero attached hydrogens (tertiary/aromatic N) is 4. The predicted molar refractivity (Wildman–Crippen MR) is 99.8 cm³/mol. The molecular formula is C18H19N5OS. The van der Waals surface area contributed by atoms with Crippen LogP contribution < -0.4 is 5.32 Å². The Morgan fingerprint density at radius 3 is 2.80 bits per heavy atom. The summed E-state index contributed by atoms with van der Waals surface area (Å²) in [7, 11) is 3.51. The van der Waals surface area contributed by atoms with E-state index in [0.29, 0.717) is 5.56 Å². The second-order valence-electron chi connectivity index (χ2n) is 5.70. The van der Waals surface area contributed by atoms with Gasteiger partial charge >= 0.3 is 0 Å². The molecule has 3 rings (SSSR count). The number of carbonyl (C=O) groups is 1. The molecule has 3 aromatic rings. The Hall–Kier alpha value is -2.80. The molecule has 0 spiro atoms. The first-order valence-corrected chi connectivity index (χ1v) is 8.74. The zero-order valence-electron chi connectivity index (χ0n) is 14.1. The minimum atomic E-state index is 0.0129. The number of pyridine rings is 1. The lowest BCUT2D eigenvalue weighted by atomic mass is 10.1. The van der Waals surface area contributed by atoms with Gasteiger partial charge in [0, 0.05) is 32.4 Å². The van der Waals surface area contributed by atoms with E-state index >= 15 is 0 Å². The average molecular weight is 353 g/mol. The number of amides is 1. The smallest absolute Gasteiger partial charge is 0.253 e. The molecule has 6 nitrogen and oxygen atoms in total. The van der Waals surface area contributed by atoms with Crippen molar-refractivity contribution in [2.75, 3.05) is 26.0 Å². The molecule has 0 saturated carbocycles. The molecule has 2 aromatic heterocycles. The van der Waals surface area contributed by atoms with Crippen molar-refractivity contribution in [2.24, 2.45) is 0 Å². The molecule has 2 heterocycles. The predicted octanol–water partition coefficient (Wildman–Crippen LogP) is 2.96. The molecule has 0 unspecified atom stereocenters. The van der Waals surface area contributed by atoms with E-state index in [1.807, 2.05) is 42.5 Å². The summed E-state index contributed by atoms with van der Waals surface area (Å²) in [6.45, 7) is 0.719. The van der Waals surface area contributed by atoms with Gasteiger partial charge in [-0.15, -0.1) is 10.2 Å². The Morgan fingerprint density at radius 1 is 1.16 bits per heavy atom. The molecule has 0 atom stereocenters. The highest BCUT2D eigenvalue weighted by molar-refractivity contribution is 7.18. The molecule has 0 radical (unpaired) electrons. The lowest BCUT2D eigenvalue weighted by Gasteiger charge is -2.11. The van der Waals surface area contributed by atoms with E-state index in [2.05, 4.69) is 20.5 Å². The van der Waals surface area contributed by atoms with E-state index in [4.69, 9.17) is 0 Å². The van der Waals surface area contributed by atoms with Crippen LogP contribution in [0, 0.1) is 0 Å². The van der Waals surface area contributed by atoms with Crippen LogP contribution in [0.25, 0.3) is 10.7 Å². The molecule has 0 aliphatic heterocycles. The summed E-state index contributed by atoms with van der Waals surface area (Å²) in [6.07, 6.45) is 2.54. The molecule has 0 aliphatic carbocycles. The Balaban J connectivity index is 1.58. The topological polar surface area (TPSA) is 71.0 Å². The highest BCUT2D eigenvalue weighted by Crippen LogP contribution is 2.24. The summed E-state index contributed by atoms with van der Waals surface area (Å²) in [4.78, 5) is 17.9. The van der Waals surface area contributed by atoms with E-state index in [1.165, 1.54) is 11.3 Å². The Morgan fingerprint density at radius 2 is 2.04 bits per heavy atom. The molecular weight excluding hydrogens is 334 g/mol. The zero-order chi connectivity index (χ0) is 17.6. The van der Waals surface area contributed by atoms with Crippen LogP contribution in [0.5, 0.6) is 0 Å². The SMILES string of the molecule is CN(C)C(=O)c1cccc(CCNc2nnc(-c3ccccn3)s2)c1. The molecule has 0 bridgehead atoms. The highest BCUT2D eigenvalue weighted by Gasteiger charge is 2.09.